The van der Waals surface area contributed by atoms with Gasteiger partial charge in [0.1, 0.15) is 0 Å². The van der Waals surface area contributed by atoms with Gasteiger partial charge >= 0.3 is 0 Å². The molecule has 0 radical (unpaired) electrons. The normalized spacial score (nSPS) is 11.4. The van der Waals surface area contributed by atoms with Gasteiger partial charge in [-0.3, -0.25) is 4.79 Å². The van der Waals surface area contributed by atoms with Crippen LogP contribution in [0.15, 0.2) is 11.9 Å². The van der Waals surface area contributed by atoms with Crippen LogP contribution in [0, 0.1) is 0 Å². The monoisotopic (exact) mass is 147 g/mol. The molecule has 4 heteroatoms. The molecule has 0 bridgehead atoms. The van der Waals surface area contributed by atoms with Crippen molar-refractivity contribution < 1.29 is 14.3 Å². The number of aliphatic hydroxyl groups excluding tert-OH is 1. The lowest BCUT2D eigenvalue weighted by atomic mass is 10.4. The van der Waals surface area contributed by atoms with Crippen LogP contribution in [0.2, 0.25) is 0 Å². The minimum atomic E-state index is -0.924. The van der Waals surface area contributed by atoms with Crippen LogP contribution >= 0.6 is 0 Å². The quantitative estimate of drug-likeness (QED) is 0.555. The third kappa shape index (κ3) is 2.59. The molecule has 0 aromatic carbocycles. The summed E-state index contributed by atoms with van der Waals surface area (Å²) in [6.45, 7) is -0.453. The first-order chi connectivity index (χ1) is 4.59. The third-order valence-electron chi connectivity index (χ3n) is 0.881. The van der Waals surface area contributed by atoms with Crippen LogP contribution in [0.4, 0.5) is 4.39 Å². The van der Waals surface area contributed by atoms with E-state index in [-0.39, 0.29) is 0 Å². The summed E-state index contributed by atoms with van der Waals surface area (Å²) in [6.07, 6.45) is 0.822. The zero-order valence-electron chi connectivity index (χ0n) is 5.97. The Kier molecular flexibility index (Phi) is 3.64. The SMILES string of the molecule is CN(C)C(=O)/C(F)=C\CO. The van der Waals surface area contributed by atoms with Crippen molar-refractivity contribution in [3.05, 3.63) is 11.9 Å². The molecule has 1 amide bonds. The fraction of sp³-hybridized carbons (Fsp3) is 0.500. The van der Waals surface area contributed by atoms with Gasteiger partial charge in [-0.2, -0.15) is 0 Å². The summed E-state index contributed by atoms with van der Waals surface area (Å²) in [5, 5.41) is 8.18. The Labute approximate surface area is 58.8 Å². The van der Waals surface area contributed by atoms with Gasteiger partial charge in [-0.1, -0.05) is 0 Å². The summed E-state index contributed by atoms with van der Waals surface area (Å²) >= 11 is 0. The summed E-state index contributed by atoms with van der Waals surface area (Å²) in [5.74, 6) is -1.65. The lowest BCUT2D eigenvalue weighted by Gasteiger charge is -2.06. The molecule has 0 saturated carbocycles. The Morgan fingerprint density at radius 1 is 1.70 bits per heavy atom. The highest BCUT2D eigenvalue weighted by Crippen LogP contribution is 1.98. The number of carbonyl (C=O) groups is 1. The van der Waals surface area contributed by atoms with Crippen molar-refractivity contribution in [2.75, 3.05) is 20.7 Å². The van der Waals surface area contributed by atoms with Crippen LogP contribution in [0.1, 0.15) is 0 Å². The number of halogens is 1. The van der Waals surface area contributed by atoms with Gasteiger partial charge in [0.25, 0.3) is 5.91 Å². The van der Waals surface area contributed by atoms with Crippen molar-refractivity contribution in [1.82, 2.24) is 4.90 Å². The van der Waals surface area contributed by atoms with E-state index in [1.54, 1.807) is 0 Å². The van der Waals surface area contributed by atoms with Crippen LogP contribution in [-0.4, -0.2) is 36.6 Å². The van der Waals surface area contributed by atoms with Crippen LogP contribution in [0.3, 0.4) is 0 Å². The van der Waals surface area contributed by atoms with Gasteiger partial charge in [-0.15, -0.1) is 0 Å². The van der Waals surface area contributed by atoms with Gasteiger partial charge in [-0.05, 0) is 6.08 Å². The molecule has 0 aliphatic rings. The number of rotatable bonds is 2. The minimum Gasteiger partial charge on any atom is -0.392 e. The van der Waals surface area contributed by atoms with E-state index < -0.39 is 18.3 Å². The molecule has 0 aromatic heterocycles. The van der Waals surface area contributed by atoms with E-state index in [1.807, 2.05) is 0 Å². The molecule has 0 spiro atoms. The summed E-state index contributed by atoms with van der Waals surface area (Å²) in [5.41, 5.74) is 0. The Morgan fingerprint density at radius 3 is 2.50 bits per heavy atom. The van der Waals surface area contributed by atoms with Gasteiger partial charge in [-0.25, -0.2) is 4.39 Å². The zero-order chi connectivity index (χ0) is 8.15. The molecule has 58 valence electrons. The third-order valence-corrected chi connectivity index (χ3v) is 0.881. The van der Waals surface area contributed by atoms with Gasteiger partial charge in [0, 0.05) is 14.1 Å². The summed E-state index contributed by atoms with van der Waals surface area (Å²) in [6, 6.07) is 0. The fourth-order valence-corrected chi connectivity index (χ4v) is 0.381. The van der Waals surface area contributed by atoms with Crippen LogP contribution < -0.4 is 0 Å². The van der Waals surface area contributed by atoms with Crippen molar-refractivity contribution >= 4 is 5.91 Å². The van der Waals surface area contributed by atoms with Gasteiger partial charge in [0.05, 0.1) is 6.61 Å². The fourth-order valence-electron chi connectivity index (χ4n) is 0.381. The summed E-state index contributed by atoms with van der Waals surface area (Å²) in [7, 11) is 2.88. The van der Waals surface area contributed by atoms with Crippen molar-refractivity contribution in [2.45, 2.75) is 0 Å². The Morgan fingerprint density at radius 2 is 2.20 bits per heavy atom. The Balaban J connectivity index is 4.08. The smallest absolute Gasteiger partial charge is 0.281 e. The zero-order valence-corrected chi connectivity index (χ0v) is 5.97. The lowest BCUT2D eigenvalue weighted by molar-refractivity contribution is -0.126. The molecule has 0 unspecified atom stereocenters. The Hall–Kier alpha value is -0.900. The second-order valence-electron chi connectivity index (χ2n) is 1.93. The van der Waals surface area contributed by atoms with Crippen molar-refractivity contribution in [1.29, 1.82) is 0 Å². The molecule has 0 saturated heterocycles. The molecule has 3 nitrogen and oxygen atoms in total. The lowest BCUT2D eigenvalue weighted by Crippen LogP contribution is -2.21. The number of nitrogens with zero attached hydrogens (tertiary/aromatic N) is 1. The average molecular weight is 147 g/mol. The summed E-state index contributed by atoms with van der Waals surface area (Å²) < 4.78 is 12.4. The number of likely N-dealkylation sites (N-methyl/N-ethyl adjacent to an activating group) is 1. The molecule has 0 aliphatic carbocycles. The molecule has 0 heterocycles. The number of carbonyl (C=O) groups excluding carboxylic acids is 1. The van der Waals surface area contributed by atoms with Crippen LogP contribution in [0.25, 0.3) is 0 Å². The van der Waals surface area contributed by atoms with Crippen molar-refractivity contribution in [3.8, 4) is 0 Å². The molecule has 0 atom stereocenters. The van der Waals surface area contributed by atoms with E-state index in [9.17, 15) is 9.18 Å². The second-order valence-corrected chi connectivity index (χ2v) is 1.93. The highest BCUT2D eigenvalue weighted by molar-refractivity contribution is 5.90. The van der Waals surface area contributed by atoms with Crippen molar-refractivity contribution in [2.24, 2.45) is 0 Å². The van der Waals surface area contributed by atoms with Crippen molar-refractivity contribution in [3.63, 3.8) is 0 Å². The topological polar surface area (TPSA) is 40.5 Å². The number of aliphatic hydroxyl groups is 1. The first-order valence-electron chi connectivity index (χ1n) is 2.77. The maximum Gasteiger partial charge on any atom is 0.281 e. The van der Waals surface area contributed by atoms with E-state index in [4.69, 9.17) is 5.11 Å². The average Bonchev–Trinajstić information content (AvgIpc) is 1.87. The van der Waals surface area contributed by atoms with E-state index in [2.05, 4.69) is 0 Å². The predicted octanol–water partition coefficient (Wildman–Crippen LogP) is -0.0797. The Bertz CT molecular complexity index is 154. The van der Waals surface area contributed by atoms with E-state index in [0.717, 1.165) is 11.0 Å². The highest BCUT2D eigenvalue weighted by atomic mass is 19.1. The largest absolute Gasteiger partial charge is 0.392 e. The molecular weight excluding hydrogens is 137 g/mol. The molecular formula is C6H10FNO2. The van der Waals surface area contributed by atoms with Crippen LogP contribution in [-0.2, 0) is 4.79 Å². The van der Waals surface area contributed by atoms with Gasteiger partial charge < -0.3 is 10.0 Å². The molecule has 0 aliphatic heterocycles. The molecule has 0 rings (SSSR count). The van der Waals surface area contributed by atoms with Gasteiger partial charge in [0.2, 0.25) is 0 Å². The molecule has 0 fully saturated rings. The maximum absolute atomic E-state index is 12.4. The minimum absolute atomic E-state index is 0.453. The first-order valence-corrected chi connectivity index (χ1v) is 2.77. The van der Waals surface area contributed by atoms with Gasteiger partial charge in [0.15, 0.2) is 5.83 Å². The number of amides is 1. The number of hydrogen-bond donors (Lipinski definition) is 1. The first kappa shape index (κ1) is 9.10. The van der Waals surface area contributed by atoms with E-state index in [1.165, 1.54) is 14.1 Å². The highest BCUT2D eigenvalue weighted by Gasteiger charge is 2.08. The molecule has 0 aromatic rings. The second kappa shape index (κ2) is 4.00. The molecule has 1 N–H and O–H groups in total. The maximum atomic E-state index is 12.4. The van der Waals surface area contributed by atoms with E-state index >= 15 is 0 Å². The van der Waals surface area contributed by atoms with Crippen LogP contribution in [0.5, 0.6) is 0 Å². The predicted molar refractivity (Wildman–Crippen MR) is 35.0 cm³/mol. The summed E-state index contributed by atoms with van der Waals surface area (Å²) in [4.78, 5) is 11.7. The molecule has 10 heavy (non-hydrogen) atoms. The number of hydrogen-bond acceptors (Lipinski definition) is 2. The standard InChI is InChI=1S/C6H10FNO2/c1-8(2)6(10)5(7)3-4-9/h3,9H,4H2,1-2H3/b5-3+. The van der Waals surface area contributed by atoms with E-state index in [0.29, 0.717) is 0 Å².